The van der Waals surface area contributed by atoms with Crippen molar-refractivity contribution in [2.24, 2.45) is 0 Å². The average molecular weight is 280 g/mol. The molecule has 0 bridgehead atoms. The molecule has 0 aromatic heterocycles. The van der Waals surface area contributed by atoms with Gasteiger partial charge in [0.1, 0.15) is 5.60 Å². The third-order valence-corrected chi connectivity index (χ3v) is 2.95. The van der Waals surface area contributed by atoms with Crippen LogP contribution in [0.25, 0.3) is 0 Å². The van der Waals surface area contributed by atoms with Gasteiger partial charge in [-0.3, -0.25) is 4.79 Å². The molecule has 0 aromatic carbocycles. The van der Waals surface area contributed by atoms with E-state index in [2.05, 4.69) is 0 Å². The fraction of sp³-hybridized carbons (Fsp3) is 0.625. The van der Waals surface area contributed by atoms with Crippen LogP contribution in [0.5, 0.6) is 0 Å². The Bertz CT molecular complexity index is 424. The number of ether oxygens (including phenoxy) is 2. The molecular weight excluding hydrogens is 256 g/mol. The minimum absolute atomic E-state index is 0.198. The second kappa shape index (κ2) is 7.27. The topological polar surface area (TPSA) is 52.6 Å². The number of hydrogen-bond acceptors (Lipinski definition) is 4. The number of carbonyl (C=O) groups is 2. The van der Waals surface area contributed by atoms with Gasteiger partial charge in [-0.2, -0.15) is 0 Å². The first-order valence-corrected chi connectivity index (χ1v) is 7.02. The summed E-state index contributed by atoms with van der Waals surface area (Å²) in [5.74, 6) is -0.440. The molecular formula is C16H24O4. The van der Waals surface area contributed by atoms with Gasteiger partial charge >= 0.3 is 11.9 Å². The van der Waals surface area contributed by atoms with E-state index in [4.69, 9.17) is 9.47 Å². The molecule has 1 rings (SSSR count). The lowest BCUT2D eigenvalue weighted by Crippen LogP contribution is -2.23. The maximum atomic E-state index is 11.5. The van der Waals surface area contributed by atoms with Crippen LogP contribution in [0.3, 0.4) is 0 Å². The summed E-state index contributed by atoms with van der Waals surface area (Å²) in [7, 11) is 1.40. The van der Waals surface area contributed by atoms with E-state index in [1.807, 2.05) is 32.9 Å². The van der Waals surface area contributed by atoms with Crippen LogP contribution in [0.15, 0.2) is 23.3 Å². The van der Waals surface area contributed by atoms with Crippen molar-refractivity contribution in [3.05, 3.63) is 23.3 Å². The summed E-state index contributed by atoms with van der Waals surface area (Å²) in [5, 5.41) is 0. The number of hydrogen-bond donors (Lipinski definition) is 0. The molecule has 1 aliphatic rings. The second-order valence-electron chi connectivity index (χ2n) is 5.88. The van der Waals surface area contributed by atoms with Gasteiger partial charge in [0.05, 0.1) is 7.11 Å². The van der Waals surface area contributed by atoms with Gasteiger partial charge in [-0.05, 0) is 52.0 Å². The molecule has 0 fully saturated rings. The molecule has 0 aliphatic heterocycles. The van der Waals surface area contributed by atoms with Crippen LogP contribution < -0.4 is 0 Å². The Hall–Kier alpha value is -1.58. The van der Waals surface area contributed by atoms with Crippen molar-refractivity contribution >= 4 is 11.9 Å². The van der Waals surface area contributed by atoms with Gasteiger partial charge in [0.15, 0.2) is 0 Å². The molecule has 0 radical (unpaired) electrons. The molecule has 0 N–H and O–H groups in total. The fourth-order valence-corrected chi connectivity index (χ4v) is 2.13. The quantitative estimate of drug-likeness (QED) is 0.725. The van der Waals surface area contributed by atoms with Crippen molar-refractivity contribution in [2.75, 3.05) is 7.11 Å². The van der Waals surface area contributed by atoms with E-state index < -0.39 is 5.60 Å². The molecule has 0 saturated heterocycles. The highest BCUT2D eigenvalue weighted by molar-refractivity contribution is 5.90. The molecule has 20 heavy (non-hydrogen) atoms. The van der Waals surface area contributed by atoms with E-state index in [0.29, 0.717) is 12.8 Å². The second-order valence-corrected chi connectivity index (χ2v) is 5.88. The predicted molar refractivity (Wildman–Crippen MR) is 77.1 cm³/mol. The first-order valence-electron chi connectivity index (χ1n) is 7.02. The number of rotatable bonds is 5. The minimum atomic E-state index is -0.438. The first kappa shape index (κ1) is 16.5. The van der Waals surface area contributed by atoms with Crippen LogP contribution in [0.2, 0.25) is 0 Å². The minimum Gasteiger partial charge on any atom is -0.466 e. The number of carbonyl (C=O) groups excluding carboxylic acids is 2. The zero-order valence-electron chi connectivity index (χ0n) is 12.8. The SMILES string of the molecule is COC(=O)C1=C(/C=C/CCC(=O)OC(C)(C)C)CCC1. The van der Waals surface area contributed by atoms with Crippen LogP contribution in [0, 0.1) is 0 Å². The molecule has 0 amide bonds. The van der Waals surface area contributed by atoms with Gasteiger partial charge in [0.2, 0.25) is 0 Å². The van der Waals surface area contributed by atoms with Crippen molar-refractivity contribution in [1.29, 1.82) is 0 Å². The van der Waals surface area contributed by atoms with Crippen LogP contribution >= 0.6 is 0 Å². The molecule has 1 aliphatic carbocycles. The van der Waals surface area contributed by atoms with Crippen molar-refractivity contribution in [1.82, 2.24) is 0 Å². The van der Waals surface area contributed by atoms with Gasteiger partial charge in [-0.15, -0.1) is 0 Å². The monoisotopic (exact) mass is 280 g/mol. The highest BCUT2D eigenvalue weighted by atomic mass is 16.6. The summed E-state index contributed by atoms with van der Waals surface area (Å²) < 4.78 is 9.99. The summed E-state index contributed by atoms with van der Waals surface area (Å²) >= 11 is 0. The Morgan fingerprint density at radius 3 is 2.55 bits per heavy atom. The summed E-state index contributed by atoms with van der Waals surface area (Å²) in [4.78, 5) is 23.1. The molecule has 0 heterocycles. The molecule has 0 unspecified atom stereocenters. The normalized spacial score (nSPS) is 15.8. The Morgan fingerprint density at radius 2 is 1.95 bits per heavy atom. The standard InChI is InChI=1S/C16H24O4/c1-16(2,3)20-14(17)11-6-5-8-12-9-7-10-13(12)15(18)19-4/h5,8H,6-7,9-11H2,1-4H3/b8-5+. The molecule has 112 valence electrons. The Balaban J connectivity index is 2.45. The lowest BCUT2D eigenvalue weighted by Gasteiger charge is -2.19. The van der Waals surface area contributed by atoms with E-state index in [1.165, 1.54) is 7.11 Å². The summed E-state index contributed by atoms with van der Waals surface area (Å²) in [6.45, 7) is 5.56. The molecule has 0 spiro atoms. The number of methoxy groups -OCH3 is 1. The summed E-state index contributed by atoms with van der Waals surface area (Å²) in [6.07, 6.45) is 7.49. The van der Waals surface area contributed by atoms with E-state index in [1.54, 1.807) is 0 Å². The maximum Gasteiger partial charge on any atom is 0.333 e. The van der Waals surface area contributed by atoms with E-state index in [-0.39, 0.29) is 11.9 Å². The van der Waals surface area contributed by atoms with Gasteiger partial charge in [-0.25, -0.2) is 4.79 Å². The smallest absolute Gasteiger partial charge is 0.333 e. The van der Waals surface area contributed by atoms with Crippen LogP contribution in [-0.4, -0.2) is 24.6 Å². The first-order chi connectivity index (χ1) is 9.33. The Kier molecular flexibility index (Phi) is 5.99. The highest BCUT2D eigenvalue weighted by Crippen LogP contribution is 2.27. The Labute approximate surface area is 120 Å². The molecule has 4 nitrogen and oxygen atoms in total. The molecule has 4 heteroatoms. The van der Waals surface area contributed by atoms with Crippen LogP contribution in [-0.2, 0) is 19.1 Å². The molecule has 0 atom stereocenters. The molecule has 0 aromatic rings. The zero-order valence-corrected chi connectivity index (χ0v) is 12.8. The van der Waals surface area contributed by atoms with E-state index >= 15 is 0 Å². The summed E-state index contributed by atoms with van der Waals surface area (Å²) in [5.41, 5.74) is 1.36. The maximum absolute atomic E-state index is 11.5. The van der Waals surface area contributed by atoms with Gasteiger partial charge in [0.25, 0.3) is 0 Å². The van der Waals surface area contributed by atoms with Crippen molar-refractivity contribution in [3.63, 3.8) is 0 Å². The van der Waals surface area contributed by atoms with Crippen molar-refractivity contribution < 1.29 is 19.1 Å². The highest BCUT2D eigenvalue weighted by Gasteiger charge is 2.19. The van der Waals surface area contributed by atoms with Crippen LogP contribution in [0.4, 0.5) is 0 Å². The fourth-order valence-electron chi connectivity index (χ4n) is 2.13. The van der Waals surface area contributed by atoms with Gasteiger partial charge in [-0.1, -0.05) is 12.2 Å². The lowest BCUT2D eigenvalue weighted by molar-refractivity contribution is -0.154. The third-order valence-electron chi connectivity index (χ3n) is 2.95. The third kappa shape index (κ3) is 5.59. The van der Waals surface area contributed by atoms with E-state index in [0.717, 1.165) is 30.4 Å². The zero-order chi connectivity index (χ0) is 15.2. The number of esters is 2. The van der Waals surface area contributed by atoms with Gasteiger partial charge < -0.3 is 9.47 Å². The van der Waals surface area contributed by atoms with Crippen molar-refractivity contribution in [3.8, 4) is 0 Å². The van der Waals surface area contributed by atoms with Crippen LogP contribution in [0.1, 0.15) is 52.9 Å². The largest absolute Gasteiger partial charge is 0.466 e. The summed E-state index contributed by atoms with van der Waals surface area (Å²) in [6, 6.07) is 0. The molecule has 0 saturated carbocycles. The lowest BCUT2D eigenvalue weighted by atomic mass is 10.1. The number of allylic oxidation sites excluding steroid dienone is 3. The van der Waals surface area contributed by atoms with E-state index in [9.17, 15) is 9.59 Å². The van der Waals surface area contributed by atoms with Gasteiger partial charge in [0, 0.05) is 12.0 Å². The average Bonchev–Trinajstić information content (AvgIpc) is 2.79. The predicted octanol–water partition coefficient (Wildman–Crippen LogP) is 3.32. The Morgan fingerprint density at radius 1 is 1.25 bits per heavy atom. The van der Waals surface area contributed by atoms with Crippen molar-refractivity contribution in [2.45, 2.75) is 58.5 Å².